The number of rotatable bonds is 7. The lowest BCUT2D eigenvalue weighted by Crippen LogP contribution is -2.16. The molecule has 1 amide bonds. The SMILES string of the molecule is CCCOc1ccc(C=Cc2ncc(C(=O)NC)s2)cc1OC. The molecule has 5 nitrogen and oxygen atoms in total. The molecular formula is C17H20N2O3S. The first kappa shape index (κ1) is 17.0. The van der Waals surface area contributed by atoms with Crippen molar-refractivity contribution in [3.05, 3.63) is 39.8 Å². The quantitative estimate of drug-likeness (QED) is 0.843. The third-order valence-electron chi connectivity index (χ3n) is 3.04. The van der Waals surface area contributed by atoms with E-state index in [4.69, 9.17) is 9.47 Å². The van der Waals surface area contributed by atoms with Crippen molar-refractivity contribution in [3.8, 4) is 11.5 Å². The van der Waals surface area contributed by atoms with Crippen LogP contribution >= 0.6 is 11.3 Å². The summed E-state index contributed by atoms with van der Waals surface area (Å²) in [5, 5.41) is 3.36. The van der Waals surface area contributed by atoms with Crippen LogP contribution in [-0.4, -0.2) is 31.7 Å². The lowest BCUT2D eigenvalue weighted by atomic mass is 10.2. The van der Waals surface area contributed by atoms with Crippen LogP contribution in [0.3, 0.4) is 0 Å². The van der Waals surface area contributed by atoms with Gasteiger partial charge in [0, 0.05) is 7.05 Å². The van der Waals surface area contributed by atoms with Crippen LogP contribution in [0, 0.1) is 0 Å². The van der Waals surface area contributed by atoms with Gasteiger partial charge in [-0.25, -0.2) is 4.98 Å². The van der Waals surface area contributed by atoms with E-state index >= 15 is 0 Å². The summed E-state index contributed by atoms with van der Waals surface area (Å²) in [5.74, 6) is 1.31. The fourth-order valence-electron chi connectivity index (χ4n) is 1.88. The zero-order valence-electron chi connectivity index (χ0n) is 13.5. The Balaban J connectivity index is 2.13. The van der Waals surface area contributed by atoms with E-state index in [1.165, 1.54) is 11.3 Å². The number of amides is 1. The van der Waals surface area contributed by atoms with Crippen molar-refractivity contribution >= 4 is 29.4 Å². The Morgan fingerprint density at radius 1 is 1.35 bits per heavy atom. The monoisotopic (exact) mass is 332 g/mol. The highest BCUT2D eigenvalue weighted by Gasteiger charge is 2.07. The molecule has 2 aromatic rings. The molecule has 1 heterocycles. The molecule has 0 fully saturated rings. The smallest absolute Gasteiger partial charge is 0.262 e. The number of nitrogens with one attached hydrogen (secondary N) is 1. The second-order valence-electron chi connectivity index (χ2n) is 4.73. The molecule has 23 heavy (non-hydrogen) atoms. The molecule has 1 aromatic carbocycles. The first-order valence-electron chi connectivity index (χ1n) is 7.34. The van der Waals surface area contributed by atoms with Gasteiger partial charge in [-0.1, -0.05) is 19.1 Å². The van der Waals surface area contributed by atoms with Crippen molar-refractivity contribution in [1.82, 2.24) is 10.3 Å². The number of hydrogen-bond donors (Lipinski definition) is 1. The number of benzene rings is 1. The van der Waals surface area contributed by atoms with E-state index in [0.717, 1.165) is 22.7 Å². The van der Waals surface area contributed by atoms with Gasteiger partial charge in [0.2, 0.25) is 0 Å². The van der Waals surface area contributed by atoms with Gasteiger partial charge in [-0.3, -0.25) is 4.79 Å². The van der Waals surface area contributed by atoms with Gasteiger partial charge in [-0.15, -0.1) is 11.3 Å². The van der Waals surface area contributed by atoms with Crippen LogP contribution in [0.15, 0.2) is 24.4 Å². The molecule has 0 bridgehead atoms. The van der Waals surface area contributed by atoms with Gasteiger partial charge in [-0.2, -0.15) is 0 Å². The fraction of sp³-hybridized carbons (Fsp3) is 0.294. The molecule has 0 spiro atoms. The predicted molar refractivity (Wildman–Crippen MR) is 93.2 cm³/mol. The average molecular weight is 332 g/mol. The first-order valence-corrected chi connectivity index (χ1v) is 8.16. The standard InChI is InChI=1S/C17H20N2O3S/c1-4-9-22-13-7-5-12(10-14(13)21-3)6-8-16-19-11-15(23-16)17(20)18-2/h5-8,10-11H,4,9H2,1-3H3,(H,18,20). The maximum atomic E-state index is 11.5. The van der Waals surface area contributed by atoms with E-state index in [-0.39, 0.29) is 5.91 Å². The van der Waals surface area contributed by atoms with Crippen LogP contribution in [0.5, 0.6) is 11.5 Å². The van der Waals surface area contributed by atoms with Crippen LogP contribution < -0.4 is 14.8 Å². The molecule has 1 aromatic heterocycles. The number of nitrogens with zero attached hydrogens (tertiary/aromatic N) is 1. The summed E-state index contributed by atoms with van der Waals surface area (Å²) in [6.07, 6.45) is 6.32. The number of thiazole rings is 1. The van der Waals surface area contributed by atoms with E-state index in [0.29, 0.717) is 17.2 Å². The van der Waals surface area contributed by atoms with E-state index in [9.17, 15) is 4.79 Å². The maximum absolute atomic E-state index is 11.5. The molecule has 2 rings (SSSR count). The highest BCUT2D eigenvalue weighted by atomic mass is 32.1. The second kappa shape index (κ2) is 8.33. The minimum Gasteiger partial charge on any atom is -0.493 e. The van der Waals surface area contributed by atoms with Crippen LogP contribution in [0.1, 0.15) is 33.6 Å². The lowest BCUT2D eigenvalue weighted by Gasteiger charge is -2.10. The summed E-state index contributed by atoms with van der Waals surface area (Å²) in [4.78, 5) is 16.3. The average Bonchev–Trinajstić information content (AvgIpc) is 3.06. The Labute approximate surface area is 140 Å². The molecule has 0 saturated heterocycles. The van der Waals surface area contributed by atoms with E-state index in [1.807, 2.05) is 30.4 Å². The molecule has 122 valence electrons. The largest absolute Gasteiger partial charge is 0.493 e. The Hall–Kier alpha value is -2.34. The molecule has 0 saturated carbocycles. The summed E-state index contributed by atoms with van der Waals surface area (Å²) >= 11 is 1.34. The molecule has 1 N–H and O–H groups in total. The van der Waals surface area contributed by atoms with E-state index in [1.54, 1.807) is 20.4 Å². The molecule has 0 unspecified atom stereocenters. The summed E-state index contributed by atoms with van der Waals surface area (Å²) in [6, 6.07) is 5.76. The third kappa shape index (κ3) is 4.56. The van der Waals surface area contributed by atoms with Crippen molar-refractivity contribution in [1.29, 1.82) is 0 Å². The fourth-order valence-corrected chi connectivity index (χ4v) is 2.65. The molecule has 0 radical (unpaired) electrons. The predicted octanol–water partition coefficient (Wildman–Crippen LogP) is 3.47. The van der Waals surface area contributed by atoms with Crippen LogP contribution in [0.2, 0.25) is 0 Å². The molecule has 0 atom stereocenters. The normalized spacial score (nSPS) is 10.7. The number of hydrogen-bond acceptors (Lipinski definition) is 5. The minimum atomic E-state index is -0.124. The third-order valence-corrected chi connectivity index (χ3v) is 4.00. The number of carbonyl (C=O) groups excluding carboxylic acids is 1. The summed E-state index contributed by atoms with van der Waals surface area (Å²) in [7, 11) is 3.23. The number of aromatic nitrogens is 1. The summed E-state index contributed by atoms with van der Waals surface area (Å²) < 4.78 is 11.0. The van der Waals surface area contributed by atoms with E-state index < -0.39 is 0 Å². The van der Waals surface area contributed by atoms with Crippen molar-refractivity contribution in [2.75, 3.05) is 20.8 Å². The number of ether oxygens (including phenoxy) is 2. The minimum absolute atomic E-state index is 0.124. The van der Waals surface area contributed by atoms with Crippen molar-refractivity contribution in [2.45, 2.75) is 13.3 Å². The summed E-state index contributed by atoms with van der Waals surface area (Å²) in [6.45, 7) is 2.72. The lowest BCUT2D eigenvalue weighted by molar-refractivity contribution is 0.0967. The molecule has 0 aliphatic rings. The van der Waals surface area contributed by atoms with Gasteiger partial charge in [-0.05, 0) is 30.2 Å². The summed E-state index contributed by atoms with van der Waals surface area (Å²) in [5.41, 5.74) is 0.974. The van der Waals surface area contributed by atoms with E-state index in [2.05, 4.69) is 17.2 Å². The van der Waals surface area contributed by atoms with Gasteiger partial charge in [0.1, 0.15) is 9.88 Å². The van der Waals surface area contributed by atoms with Crippen molar-refractivity contribution in [2.24, 2.45) is 0 Å². The van der Waals surface area contributed by atoms with Gasteiger partial charge in [0.15, 0.2) is 11.5 Å². The highest BCUT2D eigenvalue weighted by Crippen LogP contribution is 2.29. The van der Waals surface area contributed by atoms with Crippen molar-refractivity contribution in [3.63, 3.8) is 0 Å². The van der Waals surface area contributed by atoms with Gasteiger partial charge < -0.3 is 14.8 Å². The Morgan fingerprint density at radius 3 is 2.87 bits per heavy atom. The maximum Gasteiger partial charge on any atom is 0.262 e. The molecular weight excluding hydrogens is 312 g/mol. The Kier molecular flexibility index (Phi) is 6.17. The van der Waals surface area contributed by atoms with Crippen LogP contribution in [0.25, 0.3) is 12.2 Å². The zero-order chi connectivity index (χ0) is 16.7. The Morgan fingerprint density at radius 2 is 2.17 bits per heavy atom. The molecule has 6 heteroatoms. The number of carbonyl (C=O) groups is 1. The zero-order valence-corrected chi connectivity index (χ0v) is 14.3. The molecule has 0 aliphatic carbocycles. The first-order chi connectivity index (χ1) is 11.2. The highest BCUT2D eigenvalue weighted by molar-refractivity contribution is 7.14. The second-order valence-corrected chi connectivity index (χ2v) is 5.80. The number of methoxy groups -OCH3 is 1. The van der Waals surface area contributed by atoms with Gasteiger partial charge in [0.05, 0.1) is 19.9 Å². The van der Waals surface area contributed by atoms with Gasteiger partial charge >= 0.3 is 0 Å². The van der Waals surface area contributed by atoms with Crippen LogP contribution in [0.4, 0.5) is 0 Å². The molecule has 0 aliphatic heterocycles. The van der Waals surface area contributed by atoms with Gasteiger partial charge in [0.25, 0.3) is 5.91 Å². The van der Waals surface area contributed by atoms with Crippen molar-refractivity contribution < 1.29 is 14.3 Å². The Bertz CT molecular complexity index is 695. The topological polar surface area (TPSA) is 60.5 Å². The van der Waals surface area contributed by atoms with Crippen LogP contribution in [-0.2, 0) is 0 Å².